The first-order valence-corrected chi connectivity index (χ1v) is 7.48. The molecule has 2 heterocycles. The summed E-state index contributed by atoms with van der Waals surface area (Å²) in [6, 6.07) is 6.70. The standard InChI is InChI=1S/C13H17BrN2S/c1-2-11(15)7-12-4-3-5-16(12)8-13-6-10(14)9-17-13/h3-6,9,11H,2,7-8,15H2,1H3. The maximum absolute atomic E-state index is 6.01. The van der Waals surface area contributed by atoms with Crippen molar-refractivity contribution in [3.63, 3.8) is 0 Å². The lowest BCUT2D eigenvalue weighted by atomic mass is 10.1. The Morgan fingerprint density at radius 3 is 3.00 bits per heavy atom. The summed E-state index contributed by atoms with van der Waals surface area (Å²) in [7, 11) is 0. The summed E-state index contributed by atoms with van der Waals surface area (Å²) in [4.78, 5) is 1.36. The van der Waals surface area contributed by atoms with Gasteiger partial charge in [0.15, 0.2) is 0 Å². The fourth-order valence-electron chi connectivity index (χ4n) is 1.81. The summed E-state index contributed by atoms with van der Waals surface area (Å²) in [5.74, 6) is 0. The van der Waals surface area contributed by atoms with Crippen molar-refractivity contribution in [2.45, 2.75) is 32.4 Å². The van der Waals surface area contributed by atoms with Crippen LogP contribution in [0.15, 0.2) is 34.2 Å². The van der Waals surface area contributed by atoms with Crippen LogP contribution < -0.4 is 5.73 Å². The number of hydrogen-bond donors (Lipinski definition) is 1. The Hall–Kier alpha value is -0.580. The molecule has 2 rings (SSSR count). The Bertz CT molecular complexity index is 475. The second-order valence-electron chi connectivity index (χ2n) is 4.23. The smallest absolute Gasteiger partial charge is 0.0566 e. The largest absolute Gasteiger partial charge is 0.346 e. The van der Waals surface area contributed by atoms with E-state index in [0.29, 0.717) is 0 Å². The highest BCUT2D eigenvalue weighted by molar-refractivity contribution is 9.10. The van der Waals surface area contributed by atoms with Crippen LogP contribution >= 0.6 is 27.3 Å². The van der Waals surface area contributed by atoms with Gasteiger partial charge in [0.25, 0.3) is 0 Å². The minimum atomic E-state index is 0.263. The van der Waals surface area contributed by atoms with Gasteiger partial charge >= 0.3 is 0 Å². The summed E-state index contributed by atoms with van der Waals surface area (Å²) in [6.07, 6.45) is 4.11. The topological polar surface area (TPSA) is 30.9 Å². The van der Waals surface area contributed by atoms with Crippen LogP contribution in [0.2, 0.25) is 0 Å². The number of nitrogens with zero attached hydrogens (tertiary/aromatic N) is 1. The third-order valence-electron chi connectivity index (χ3n) is 2.87. The molecule has 0 aliphatic carbocycles. The number of hydrogen-bond acceptors (Lipinski definition) is 2. The van der Waals surface area contributed by atoms with Gasteiger partial charge in [-0.2, -0.15) is 0 Å². The first kappa shape index (κ1) is 12.9. The Labute approximate surface area is 115 Å². The van der Waals surface area contributed by atoms with E-state index in [2.05, 4.69) is 57.2 Å². The van der Waals surface area contributed by atoms with Crippen molar-refractivity contribution in [1.29, 1.82) is 0 Å². The maximum atomic E-state index is 6.01. The van der Waals surface area contributed by atoms with E-state index in [1.54, 1.807) is 11.3 Å². The lowest BCUT2D eigenvalue weighted by molar-refractivity contribution is 0.611. The molecule has 0 saturated carbocycles. The fraction of sp³-hybridized carbons (Fsp3) is 0.385. The zero-order valence-corrected chi connectivity index (χ0v) is 12.3. The molecule has 2 aromatic rings. The van der Waals surface area contributed by atoms with E-state index in [-0.39, 0.29) is 6.04 Å². The number of nitrogens with two attached hydrogens (primary N) is 1. The molecule has 0 amide bonds. The highest BCUT2D eigenvalue weighted by atomic mass is 79.9. The second-order valence-corrected chi connectivity index (χ2v) is 6.14. The van der Waals surface area contributed by atoms with Gasteiger partial charge in [0.2, 0.25) is 0 Å². The molecule has 2 N–H and O–H groups in total. The van der Waals surface area contributed by atoms with Crippen molar-refractivity contribution in [2.75, 3.05) is 0 Å². The van der Waals surface area contributed by atoms with Crippen molar-refractivity contribution in [3.05, 3.63) is 44.8 Å². The zero-order chi connectivity index (χ0) is 12.3. The minimum Gasteiger partial charge on any atom is -0.346 e. The van der Waals surface area contributed by atoms with Gasteiger partial charge in [0.05, 0.1) is 6.54 Å². The molecule has 0 aliphatic heterocycles. The van der Waals surface area contributed by atoms with Crippen LogP contribution in [0.1, 0.15) is 23.9 Å². The van der Waals surface area contributed by atoms with E-state index in [4.69, 9.17) is 5.73 Å². The van der Waals surface area contributed by atoms with Crippen LogP contribution in [0, 0.1) is 0 Å². The van der Waals surface area contributed by atoms with Crippen molar-refractivity contribution < 1.29 is 0 Å². The molecule has 2 aromatic heterocycles. The van der Waals surface area contributed by atoms with Crippen LogP contribution in [-0.4, -0.2) is 10.6 Å². The fourth-order valence-corrected chi connectivity index (χ4v) is 3.26. The van der Waals surface area contributed by atoms with E-state index in [9.17, 15) is 0 Å². The Morgan fingerprint density at radius 2 is 2.35 bits per heavy atom. The quantitative estimate of drug-likeness (QED) is 0.897. The third kappa shape index (κ3) is 3.44. The van der Waals surface area contributed by atoms with Crippen molar-refractivity contribution in [3.8, 4) is 0 Å². The van der Waals surface area contributed by atoms with Gasteiger partial charge in [-0.3, -0.25) is 0 Å². The molecule has 0 saturated heterocycles. The summed E-state index contributed by atoms with van der Waals surface area (Å²) < 4.78 is 3.45. The zero-order valence-electron chi connectivity index (χ0n) is 9.90. The number of rotatable bonds is 5. The first-order valence-electron chi connectivity index (χ1n) is 5.81. The van der Waals surface area contributed by atoms with Crippen LogP contribution in [0.5, 0.6) is 0 Å². The van der Waals surface area contributed by atoms with Crippen LogP contribution in [0.4, 0.5) is 0 Å². The third-order valence-corrected chi connectivity index (χ3v) is 4.55. The van der Waals surface area contributed by atoms with Gasteiger partial charge in [-0.1, -0.05) is 6.92 Å². The molecule has 1 unspecified atom stereocenters. The predicted octanol–water partition coefficient (Wildman–Crippen LogP) is 3.64. The van der Waals surface area contributed by atoms with E-state index in [1.807, 2.05) is 0 Å². The van der Waals surface area contributed by atoms with E-state index in [1.165, 1.54) is 10.6 Å². The molecule has 0 aromatic carbocycles. The SMILES string of the molecule is CCC(N)Cc1cccn1Cc1cc(Br)cs1. The molecule has 2 nitrogen and oxygen atoms in total. The molecule has 0 spiro atoms. The van der Waals surface area contributed by atoms with Gasteiger partial charge in [-0.25, -0.2) is 0 Å². The van der Waals surface area contributed by atoms with Crippen molar-refractivity contribution in [1.82, 2.24) is 4.57 Å². The normalized spacial score (nSPS) is 12.9. The molecule has 0 fully saturated rings. The van der Waals surface area contributed by atoms with Gasteiger partial charge in [0.1, 0.15) is 0 Å². The average Bonchev–Trinajstić information content (AvgIpc) is 2.89. The van der Waals surface area contributed by atoms with E-state index >= 15 is 0 Å². The molecule has 0 radical (unpaired) electrons. The number of thiophene rings is 1. The molecule has 0 bridgehead atoms. The van der Waals surface area contributed by atoms with Gasteiger partial charge in [-0.15, -0.1) is 11.3 Å². The van der Waals surface area contributed by atoms with E-state index in [0.717, 1.165) is 23.9 Å². The molecule has 17 heavy (non-hydrogen) atoms. The second kappa shape index (κ2) is 5.85. The Balaban J connectivity index is 2.08. The summed E-state index contributed by atoms with van der Waals surface area (Å²) >= 11 is 5.27. The van der Waals surface area contributed by atoms with Crippen LogP contribution in [0.25, 0.3) is 0 Å². The number of halogens is 1. The van der Waals surface area contributed by atoms with Crippen molar-refractivity contribution in [2.24, 2.45) is 5.73 Å². The maximum Gasteiger partial charge on any atom is 0.0566 e. The summed E-state index contributed by atoms with van der Waals surface area (Å²) in [5, 5.41) is 2.12. The molecule has 0 aliphatic rings. The molecular weight excluding hydrogens is 296 g/mol. The monoisotopic (exact) mass is 312 g/mol. The lowest BCUT2D eigenvalue weighted by Crippen LogP contribution is -2.23. The highest BCUT2D eigenvalue weighted by Gasteiger charge is 2.07. The van der Waals surface area contributed by atoms with Crippen LogP contribution in [0.3, 0.4) is 0 Å². The molecule has 1 atom stereocenters. The van der Waals surface area contributed by atoms with Crippen LogP contribution in [-0.2, 0) is 13.0 Å². The molecular formula is C13H17BrN2S. The summed E-state index contributed by atoms with van der Waals surface area (Å²) in [6.45, 7) is 3.07. The first-order chi connectivity index (χ1) is 8.19. The highest BCUT2D eigenvalue weighted by Crippen LogP contribution is 2.21. The van der Waals surface area contributed by atoms with Crippen molar-refractivity contribution >= 4 is 27.3 Å². The lowest BCUT2D eigenvalue weighted by Gasteiger charge is -2.12. The van der Waals surface area contributed by atoms with Gasteiger partial charge in [-0.05, 0) is 40.5 Å². The minimum absolute atomic E-state index is 0.263. The van der Waals surface area contributed by atoms with E-state index < -0.39 is 0 Å². The Morgan fingerprint density at radius 1 is 1.53 bits per heavy atom. The number of aromatic nitrogens is 1. The Kier molecular flexibility index (Phi) is 4.42. The van der Waals surface area contributed by atoms with Gasteiger partial charge in [0, 0.05) is 39.1 Å². The molecule has 4 heteroatoms. The van der Waals surface area contributed by atoms with Gasteiger partial charge < -0.3 is 10.3 Å². The average molecular weight is 313 g/mol. The predicted molar refractivity (Wildman–Crippen MR) is 77.5 cm³/mol. The summed E-state index contributed by atoms with van der Waals surface area (Å²) in [5.41, 5.74) is 7.34. The molecule has 92 valence electrons.